The molecule has 3 aromatic rings. The van der Waals surface area contributed by atoms with Crippen molar-refractivity contribution in [2.24, 2.45) is 0 Å². The first-order valence-electron chi connectivity index (χ1n) is 13.5. The van der Waals surface area contributed by atoms with Crippen LogP contribution in [0.4, 0.5) is 5.13 Å². The second-order valence-corrected chi connectivity index (χ2v) is 11.6. The summed E-state index contributed by atoms with van der Waals surface area (Å²) >= 11 is 13.8. The number of hydrogen-bond donors (Lipinski definition) is 1. The van der Waals surface area contributed by atoms with Gasteiger partial charge in [0.2, 0.25) is 5.91 Å². The van der Waals surface area contributed by atoms with Crippen LogP contribution in [-0.4, -0.2) is 67.8 Å². The Hall–Kier alpha value is -2.36. The Bertz CT molecular complexity index is 1230. The number of carbonyl (C=O) groups is 1. The summed E-state index contributed by atoms with van der Waals surface area (Å²) in [6.45, 7) is 6.52. The molecule has 1 aromatic heterocycles. The van der Waals surface area contributed by atoms with Crippen molar-refractivity contribution in [2.45, 2.75) is 38.3 Å². The normalized spacial score (nSPS) is 16.8. The molecule has 5 rings (SSSR count). The van der Waals surface area contributed by atoms with Crippen molar-refractivity contribution < 1.29 is 14.3 Å². The van der Waals surface area contributed by atoms with Gasteiger partial charge in [0.1, 0.15) is 5.75 Å². The molecule has 208 valence electrons. The summed E-state index contributed by atoms with van der Waals surface area (Å²) in [6, 6.07) is 14.0. The molecule has 0 unspecified atom stereocenters. The van der Waals surface area contributed by atoms with Crippen LogP contribution >= 0.6 is 34.5 Å². The van der Waals surface area contributed by atoms with Crippen molar-refractivity contribution in [3.63, 3.8) is 0 Å². The highest BCUT2D eigenvalue weighted by atomic mass is 35.5. The third-order valence-corrected chi connectivity index (χ3v) is 8.72. The molecule has 0 atom stereocenters. The maximum Gasteiger partial charge on any atom is 0.220 e. The SMILES string of the molecule is O=C(CCCOc1ccc(-c2csc(N3CCOCC3)n2)cc1)NC1CCN(Cc2ccc(Cl)c(Cl)c2)CC1. The Labute approximate surface area is 244 Å². The Morgan fingerprint density at radius 2 is 1.82 bits per heavy atom. The minimum Gasteiger partial charge on any atom is -0.494 e. The first kappa shape index (κ1) is 28.2. The first-order chi connectivity index (χ1) is 19.0. The summed E-state index contributed by atoms with van der Waals surface area (Å²) < 4.78 is 11.3. The molecule has 2 aromatic carbocycles. The van der Waals surface area contributed by atoms with Gasteiger partial charge in [-0.05, 0) is 61.2 Å². The minimum absolute atomic E-state index is 0.0940. The predicted octanol–water partition coefficient (Wildman–Crippen LogP) is 5.89. The molecule has 0 spiro atoms. The van der Waals surface area contributed by atoms with Crippen molar-refractivity contribution in [1.82, 2.24) is 15.2 Å². The highest BCUT2D eigenvalue weighted by molar-refractivity contribution is 7.14. The summed E-state index contributed by atoms with van der Waals surface area (Å²) in [7, 11) is 0. The molecule has 0 aliphatic carbocycles. The largest absolute Gasteiger partial charge is 0.494 e. The average Bonchev–Trinajstić information content (AvgIpc) is 3.46. The van der Waals surface area contributed by atoms with E-state index in [1.807, 2.05) is 42.5 Å². The van der Waals surface area contributed by atoms with E-state index in [2.05, 4.69) is 20.5 Å². The second-order valence-electron chi connectivity index (χ2n) is 9.96. The number of hydrogen-bond acceptors (Lipinski definition) is 7. The molecule has 2 aliphatic heterocycles. The molecular weight excluding hydrogens is 555 g/mol. The summed E-state index contributed by atoms with van der Waals surface area (Å²) in [5.74, 6) is 0.897. The van der Waals surface area contributed by atoms with E-state index < -0.39 is 0 Å². The van der Waals surface area contributed by atoms with Crippen LogP contribution in [0.1, 0.15) is 31.2 Å². The first-order valence-corrected chi connectivity index (χ1v) is 15.1. The number of morpholine rings is 1. The molecule has 0 saturated carbocycles. The third kappa shape index (κ3) is 8.08. The van der Waals surface area contributed by atoms with E-state index in [0.717, 1.165) is 86.5 Å². The van der Waals surface area contributed by atoms with Crippen molar-refractivity contribution in [3.8, 4) is 17.0 Å². The fourth-order valence-electron chi connectivity index (χ4n) is 4.87. The van der Waals surface area contributed by atoms with Gasteiger partial charge in [0, 0.05) is 56.1 Å². The summed E-state index contributed by atoms with van der Waals surface area (Å²) in [4.78, 5) is 21.9. The number of nitrogens with zero attached hydrogens (tertiary/aromatic N) is 3. The minimum atomic E-state index is 0.0940. The van der Waals surface area contributed by atoms with Crippen LogP contribution in [0.15, 0.2) is 47.8 Å². The van der Waals surface area contributed by atoms with Crippen LogP contribution in [0.25, 0.3) is 11.3 Å². The third-order valence-electron chi connectivity index (χ3n) is 7.08. The second kappa shape index (κ2) is 13.8. The van der Waals surface area contributed by atoms with Gasteiger partial charge in [-0.3, -0.25) is 9.69 Å². The average molecular weight is 590 g/mol. The zero-order valence-corrected chi connectivity index (χ0v) is 24.2. The van der Waals surface area contributed by atoms with Crippen LogP contribution in [0.5, 0.6) is 5.75 Å². The van der Waals surface area contributed by atoms with E-state index in [9.17, 15) is 4.79 Å². The van der Waals surface area contributed by atoms with Gasteiger partial charge >= 0.3 is 0 Å². The molecule has 10 heteroatoms. The van der Waals surface area contributed by atoms with E-state index in [0.29, 0.717) is 29.5 Å². The van der Waals surface area contributed by atoms with E-state index >= 15 is 0 Å². The van der Waals surface area contributed by atoms with Crippen molar-refractivity contribution in [2.75, 3.05) is 50.9 Å². The number of aromatic nitrogens is 1. The van der Waals surface area contributed by atoms with Gasteiger partial charge in [-0.1, -0.05) is 29.3 Å². The molecule has 2 fully saturated rings. The Kier molecular flexibility index (Phi) is 9.98. The lowest BCUT2D eigenvalue weighted by molar-refractivity contribution is -0.122. The van der Waals surface area contributed by atoms with E-state index in [1.54, 1.807) is 11.3 Å². The number of amides is 1. The van der Waals surface area contributed by atoms with Crippen LogP contribution in [-0.2, 0) is 16.1 Å². The Balaban J connectivity index is 0.975. The standard InChI is InChI=1S/C29H34Cl2N4O3S/c30-25-8-3-21(18-26(25)31)19-34-11-9-23(10-12-34)32-28(36)2-1-15-38-24-6-4-22(5-7-24)27-20-39-29(33-27)35-13-16-37-17-14-35/h3-8,18,20,23H,1-2,9-17,19H2,(H,32,36). The van der Waals surface area contributed by atoms with E-state index in [4.69, 9.17) is 37.7 Å². The number of benzene rings is 2. The monoisotopic (exact) mass is 588 g/mol. The van der Waals surface area contributed by atoms with Crippen molar-refractivity contribution >= 4 is 45.6 Å². The number of likely N-dealkylation sites (tertiary alicyclic amines) is 1. The predicted molar refractivity (Wildman–Crippen MR) is 158 cm³/mol. The molecule has 2 saturated heterocycles. The molecule has 0 radical (unpaired) electrons. The zero-order chi connectivity index (χ0) is 27.0. The fourth-order valence-corrected chi connectivity index (χ4v) is 6.08. The Morgan fingerprint density at radius 1 is 1.05 bits per heavy atom. The summed E-state index contributed by atoms with van der Waals surface area (Å²) in [5.41, 5.74) is 3.20. The lowest BCUT2D eigenvalue weighted by Gasteiger charge is -2.32. The van der Waals surface area contributed by atoms with Gasteiger partial charge in [0.15, 0.2) is 5.13 Å². The molecule has 7 nitrogen and oxygen atoms in total. The van der Waals surface area contributed by atoms with Crippen molar-refractivity contribution in [3.05, 3.63) is 63.5 Å². The Morgan fingerprint density at radius 3 is 2.56 bits per heavy atom. The summed E-state index contributed by atoms with van der Waals surface area (Å²) in [5, 5.41) is 7.50. The number of nitrogens with one attached hydrogen (secondary N) is 1. The topological polar surface area (TPSA) is 66.9 Å². The molecule has 1 amide bonds. The number of rotatable bonds is 10. The van der Waals surface area contributed by atoms with Crippen LogP contribution in [0, 0.1) is 0 Å². The van der Waals surface area contributed by atoms with E-state index in [-0.39, 0.29) is 11.9 Å². The zero-order valence-electron chi connectivity index (χ0n) is 21.9. The number of carbonyl (C=O) groups excluding carboxylic acids is 1. The van der Waals surface area contributed by atoms with Gasteiger partial charge in [0.05, 0.1) is 35.6 Å². The quantitative estimate of drug-likeness (QED) is 0.298. The number of halogens is 2. The number of anilines is 1. The van der Waals surface area contributed by atoms with Gasteiger partial charge in [-0.15, -0.1) is 11.3 Å². The van der Waals surface area contributed by atoms with Crippen LogP contribution in [0.2, 0.25) is 10.0 Å². The maximum absolute atomic E-state index is 12.5. The number of thiazole rings is 1. The molecule has 39 heavy (non-hydrogen) atoms. The lowest BCUT2D eigenvalue weighted by atomic mass is 10.0. The van der Waals surface area contributed by atoms with Gasteiger partial charge in [-0.25, -0.2) is 4.98 Å². The van der Waals surface area contributed by atoms with Crippen LogP contribution < -0.4 is 15.0 Å². The fraction of sp³-hybridized carbons (Fsp3) is 0.448. The summed E-state index contributed by atoms with van der Waals surface area (Å²) in [6.07, 6.45) is 3.04. The highest BCUT2D eigenvalue weighted by Gasteiger charge is 2.21. The van der Waals surface area contributed by atoms with Crippen molar-refractivity contribution in [1.29, 1.82) is 0 Å². The lowest BCUT2D eigenvalue weighted by Crippen LogP contribution is -2.44. The van der Waals surface area contributed by atoms with Crippen LogP contribution in [0.3, 0.4) is 0 Å². The number of ether oxygens (including phenoxy) is 2. The van der Waals surface area contributed by atoms with E-state index in [1.165, 1.54) is 0 Å². The molecule has 0 bridgehead atoms. The molecule has 1 N–H and O–H groups in total. The molecule has 3 heterocycles. The maximum atomic E-state index is 12.5. The molecule has 2 aliphatic rings. The smallest absolute Gasteiger partial charge is 0.220 e. The highest BCUT2D eigenvalue weighted by Crippen LogP contribution is 2.29. The van der Waals surface area contributed by atoms with Gasteiger partial charge in [0.25, 0.3) is 0 Å². The van der Waals surface area contributed by atoms with Gasteiger partial charge < -0.3 is 19.7 Å². The van der Waals surface area contributed by atoms with Gasteiger partial charge in [-0.2, -0.15) is 0 Å². The molecular formula is C29H34Cl2N4O3S. The number of piperidine rings is 1.